The summed E-state index contributed by atoms with van der Waals surface area (Å²) in [5.41, 5.74) is 3.20. The second kappa shape index (κ2) is 3.70. The fourth-order valence-electron chi connectivity index (χ4n) is 1.69. The lowest BCUT2D eigenvalue weighted by Gasteiger charge is -2.38. The third-order valence-electron chi connectivity index (χ3n) is 2.85. The van der Waals surface area contributed by atoms with E-state index in [1.807, 2.05) is 0 Å². The SMILES string of the molecule is CC1=CC(C(C)(C)C)NC(C(C)(C)C)=C1. The maximum Gasteiger partial charge on any atom is 0.0495 e. The summed E-state index contributed by atoms with van der Waals surface area (Å²) >= 11 is 0. The molecule has 1 heteroatoms. The van der Waals surface area contributed by atoms with Crippen molar-refractivity contribution in [1.29, 1.82) is 0 Å². The Kier molecular flexibility index (Phi) is 3.04. The molecule has 1 aliphatic heterocycles. The number of rotatable bonds is 0. The monoisotopic (exact) mass is 207 g/mol. The Hall–Kier alpha value is -0.720. The van der Waals surface area contributed by atoms with Gasteiger partial charge in [0.05, 0.1) is 0 Å². The highest BCUT2D eigenvalue weighted by molar-refractivity contribution is 5.31. The van der Waals surface area contributed by atoms with Crippen LogP contribution < -0.4 is 5.32 Å². The molecule has 1 N–H and O–H groups in total. The normalized spacial score (nSPS) is 23.0. The molecule has 1 aliphatic rings. The lowest BCUT2D eigenvalue weighted by atomic mass is 9.81. The van der Waals surface area contributed by atoms with E-state index < -0.39 is 0 Å². The zero-order valence-electron chi connectivity index (χ0n) is 11.2. The summed E-state index contributed by atoms with van der Waals surface area (Å²) in [6.45, 7) is 15.8. The minimum atomic E-state index is 0.207. The fourth-order valence-corrected chi connectivity index (χ4v) is 1.69. The number of allylic oxidation sites excluding steroid dienone is 3. The first-order valence-electron chi connectivity index (χ1n) is 5.78. The van der Waals surface area contributed by atoms with Gasteiger partial charge in [0.15, 0.2) is 0 Å². The van der Waals surface area contributed by atoms with Crippen LogP contribution in [0.3, 0.4) is 0 Å². The van der Waals surface area contributed by atoms with Gasteiger partial charge in [-0.2, -0.15) is 0 Å². The molecule has 0 saturated carbocycles. The Morgan fingerprint density at radius 2 is 1.60 bits per heavy atom. The van der Waals surface area contributed by atoms with Gasteiger partial charge in [-0.15, -0.1) is 0 Å². The summed E-state index contributed by atoms with van der Waals surface area (Å²) in [4.78, 5) is 0. The van der Waals surface area contributed by atoms with Gasteiger partial charge in [-0.1, -0.05) is 53.2 Å². The van der Waals surface area contributed by atoms with Crippen LogP contribution in [0.1, 0.15) is 48.5 Å². The van der Waals surface area contributed by atoms with Gasteiger partial charge in [0, 0.05) is 17.2 Å². The van der Waals surface area contributed by atoms with E-state index in [0.29, 0.717) is 6.04 Å². The molecule has 15 heavy (non-hydrogen) atoms. The van der Waals surface area contributed by atoms with Crippen LogP contribution in [0.5, 0.6) is 0 Å². The van der Waals surface area contributed by atoms with Crippen LogP contribution in [0.25, 0.3) is 0 Å². The highest BCUT2D eigenvalue weighted by Gasteiger charge is 2.28. The molecule has 0 saturated heterocycles. The first-order valence-corrected chi connectivity index (χ1v) is 5.78. The Morgan fingerprint density at radius 3 is 2.00 bits per heavy atom. The van der Waals surface area contributed by atoms with Crippen LogP contribution in [-0.2, 0) is 0 Å². The summed E-state index contributed by atoms with van der Waals surface area (Å²) in [6.07, 6.45) is 4.59. The van der Waals surface area contributed by atoms with Crippen LogP contribution in [0.2, 0.25) is 0 Å². The number of dihydropyridines is 1. The van der Waals surface area contributed by atoms with Gasteiger partial charge in [-0.25, -0.2) is 0 Å². The topological polar surface area (TPSA) is 12.0 Å². The molecular weight excluding hydrogens is 182 g/mol. The van der Waals surface area contributed by atoms with Gasteiger partial charge < -0.3 is 5.32 Å². The maximum atomic E-state index is 3.65. The second-order valence-corrected chi connectivity index (χ2v) is 6.71. The summed E-state index contributed by atoms with van der Waals surface area (Å²) in [5.74, 6) is 0. The predicted octanol–water partition coefficient (Wildman–Crippen LogP) is 3.88. The minimum Gasteiger partial charge on any atom is -0.381 e. The Labute approximate surface area is 94.6 Å². The first kappa shape index (κ1) is 12.4. The summed E-state index contributed by atoms with van der Waals surface area (Å²) in [6, 6.07) is 0.441. The van der Waals surface area contributed by atoms with E-state index in [-0.39, 0.29) is 10.8 Å². The van der Waals surface area contributed by atoms with Crippen molar-refractivity contribution in [3.05, 3.63) is 23.4 Å². The van der Waals surface area contributed by atoms with Crippen molar-refractivity contribution in [3.8, 4) is 0 Å². The van der Waals surface area contributed by atoms with E-state index in [0.717, 1.165) is 0 Å². The molecule has 1 heterocycles. The second-order valence-electron chi connectivity index (χ2n) is 6.71. The molecule has 1 atom stereocenters. The molecule has 0 aromatic rings. The Balaban J connectivity index is 2.96. The summed E-state index contributed by atoms with van der Waals surface area (Å²) in [5, 5.41) is 3.65. The van der Waals surface area contributed by atoms with E-state index in [1.165, 1.54) is 11.3 Å². The molecule has 0 aliphatic carbocycles. The average molecular weight is 207 g/mol. The van der Waals surface area contributed by atoms with Crippen molar-refractivity contribution in [1.82, 2.24) is 5.32 Å². The minimum absolute atomic E-state index is 0.207. The number of nitrogens with one attached hydrogen (secondary N) is 1. The third-order valence-corrected chi connectivity index (χ3v) is 2.85. The fraction of sp³-hybridized carbons (Fsp3) is 0.714. The molecule has 0 bridgehead atoms. The molecule has 0 radical (unpaired) electrons. The zero-order chi connectivity index (χ0) is 11.9. The lowest BCUT2D eigenvalue weighted by molar-refractivity contribution is 0.304. The van der Waals surface area contributed by atoms with Crippen LogP contribution in [0.15, 0.2) is 23.4 Å². The highest BCUT2D eigenvalue weighted by atomic mass is 15.0. The molecule has 0 amide bonds. The van der Waals surface area contributed by atoms with Gasteiger partial charge in [0.25, 0.3) is 0 Å². The van der Waals surface area contributed by atoms with Crippen molar-refractivity contribution in [2.24, 2.45) is 10.8 Å². The van der Waals surface area contributed by atoms with Crippen molar-refractivity contribution in [2.45, 2.75) is 54.5 Å². The smallest absolute Gasteiger partial charge is 0.0495 e. The van der Waals surface area contributed by atoms with Gasteiger partial charge in [0.1, 0.15) is 0 Å². The van der Waals surface area contributed by atoms with Gasteiger partial charge in [-0.05, 0) is 18.4 Å². The van der Waals surface area contributed by atoms with Crippen LogP contribution in [0, 0.1) is 10.8 Å². The van der Waals surface area contributed by atoms with E-state index in [9.17, 15) is 0 Å². The maximum absolute atomic E-state index is 3.65. The van der Waals surface area contributed by atoms with Gasteiger partial charge in [-0.3, -0.25) is 0 Å². The van der Waals surface area contributed by atoms with Gasteiger partial charge in [0.2, 0.25) is 0 Å². The van der Waals surface area contributed by atoms with E-state index in [2.05, 4.69) is 65.9 Å². The molecule has 0 aromatic heterocycles. The molecular formula is C14H25N. The summed E-state index contributed by atoms with van der Waals surface area (Å²) in [7, 11) is 0. The standard InChI is InChI=1S/C14H25N/c1-10-8-11(13(2,3)4)15-12(9-10)14(5,6)7/h8-9,11,15H,1-7H3. The van der Waals surface area contributed by atoms with E-state index >= 15 is 0 Å². The van der Waals surface area contributed by atoms with Crippen molar-refractivity contribution >= 4 is 0 Å². The van der Waals surface area contributed by atoms with Crippen molar-refractivity contribution in [2.75, 3.05) is 0 Å². The molecule has 0 fully saturated rings. The Bertz CT molecular complexity index is 294. The third kappa shape index (κ3) is 3.12. The molecule has 0 aromatic carbocycles. The quantitative estimate of drug-likeness (QED) is 0.635. The van der Waals surface area contributed by atoms with E-state index in [1.54, 1.807) is 0 Å². The predicted molar refractivity (Wildman–Crippen MR) is 67.7 cm³/mol. The molecule has 1 unspecified atom stereocenters. The first-order chi connectivity index (χ1) is 6.60. The number of hydrogen-bond donors (Lipinski definition) is 1. The molecule has 0 spiro atoms. The lowest BCUT2D eigenvalue weighted by Crippen LogP contribution is -2.42. The molecule has 86 valence electrons. The zero-order valence-corrected chi connectivity index (χ0v) is 11.2. The molecule has 1 nitrogen and oxygen atoms in total. The average Bonchev–Trinajstić information content (AvgIpc) is 1.99. The highest BCUT2D eigenvalue weighted by Crippen LogP contribution is 2.31. The van der Waals surface area contributed by atoms with E-state index in [4.69, 9.17) is 0 Å². The van der Waals surface area contributed by atoms with Gasteiger partial charge >= 0.3 is 0 Å². The van der Waals surface area contributed by atoms with Crippen LogP contribution in [0.4, 0.5) is 0 Å². The number of hydrogen-bond acceptors (Lipinski definition) is 1. The Morgan fingerprint density at radius 1 is 1.07 bits per heavy atom. The summed E-state index contributed by atoms with van der Waals surface area (Å²) < 4.78 is 0. The van der Waals surface area contributed by atoms with Crippen LogP contribution in [-0.4, -0.2) is 6.04 Å². The largest absolute Gasteiger partial charge is 0.381 e. The van der Waals surface area contributed by atoms with Crippen molar-refractivity contribution in [3.63, 3.8) is 0 Å². The van der Waals surface area contributed by atoms with Crippen LogP contribution >= 0.6 is 0 Å². The molecule has 1 rings (SSSR count). The van der Waals surface area contributed by atoms with Crippen molar-refractivity contribution < 1.29 is 0 Å².